The zero-order valence-electron chi connectivity index (χ0n) is 11.2. The second kappa shape index (κ2) is 19.9. The highest BCUT2D eigenvalue weighted by atomic mass is 14.4. The van der Waals surface area contributed by atoms with Crippen LogP contribution in [0.1, 0.15) is 20.3 Å². The minimum absolute atomic E-state index is 1.25. The van der Waals surface area contributed by atoms with Gasteiger partial charge in [-0.2, -0.15) is 0 Å². The number of benzene rings is 2. The first-order valence-corrected chi connectivity index (χ1v) is 5.99. The van der Waals surface area contributed by atoms with Crippen LogP contribution in [0.3, 0.4) is 0 Å². The minimum atomic E-state index is 1.25. The van der Waals surface area contributed by atoms with E-state index in [9.17, 15) is 0 Å². The van der Waals surface area contributed by atoms with Crippen molar-refractivity contribution in [2.45, 2.75) is 20.3 Å². The average molecular weight is 231 g/mol. The van der Waals surface area contributed by atoms with E-state index < -0.39 is 0 Å². The van der Waals surface area contributed by atoms with Gasteiger partial charge in [0.2, 0.25) is 0 Å². The molecule has 1 heteroatoms. The molecule has 2 aromatic rings. The molecule has 2 N–H and O–H groups in total. The highest BCUT2D eigenvalue weighted by Gasteiger charge is 1.58. The van der Waals surface area contributed by atoms with Gasteiger partial charge in [0.1, 0.15) is 0 Å². The maximum atomic E-state index is 4.50. The van der Waals surface area contributed by atoms with Gasteiger partial charge in [-0.25, -0.2) is 0 Å². The van der Waals surface area contributed by atoms with Gasteiger partial charge in [0, 0.05) is 0 Å². The van der Waals surface area contributed by atoms with Crippen LogP contribution in [0.2, 0.25) is 0 Å². The van der Waals surface area contributed by atoms with Gasteiger partial charge < -0.3 is 5.73 Å². The zero-order chi connectivity index (χ0) is 13.2. The summed E-state index contributed by atoms with van der Waals surface area (Å²) in [7, 11) is 1.50. The largest absolute Gasteiger partial charge is 0.333 e. The molecule has 2 aromatic carbocycles. The Labute approximate surface area is 106 Å². The molecule has 2 rings (SSSR count). The Morgan fingerprint density at radius 2 is 0.529 bits per heavy atom. The fourth-order valence-corrected chi connectivity index (χ4v) is 0.770. The standard InChI is InChI=1S/2C6H6.C3H8.CH5N/c2*1-2-4-6-5-3-1;1-3-2;1-2/h2*1-6H;3H2,1-2H3;2H2,1H3. The van der Waals surface area contributed by atoms with Crippen LogP contribution < -0.4 is 5.73 Å². The van der Waals surface area contributed by atoms with Crippen molar-refractivity contribution < 1.29 is 0 Å². The monoisotopic (exact) mass is 231 g/mol. The molecule has 0 aliphatic heterocycles. The molecule has 0 aliphatic rings. The SMILES string of the molecule is CCC.CN.c1ccccc1.c1ccccc1. The van der Waals surface area contributed by atoms with E-state index >= 15 is 0 Å². The molecule has 0 aromatic heterocycles. The van der Waals surface area contributed by atoms with Gasteiger partial charge in [0.25, 0.3) is 0 Å². The molecule has 0 heterocycles. The molecule has 0 saturated carbocycles. The molecule has 0 bridgehead atoms. The Balaban J connectivity index is 0. The van der Waals surface area contributed by atoms with Crippen LogP contribution in [0.4, 0.5) is 0 Å². The molecule has 0 fully saturated rings. The first-order chi connectivity index (χ1) is 8.41. The van der Waals surface area contributed by atoms with E-state index in [-0.39, 0.29) is 0 Å². The summed E-state index contributed by atoms with van der Waals surface area (Å²) >= 11 is 0. The molecule has 0 radical (unpaired) electrons. The van der Waals surface area contributed by atoms with E-state index in [0.717, 1.165) is 0 Å². The van der Waals surface area contributed by atoms with Crippen molar-refractivity contribution in [3.05, 3.63) is 72.8 Å². The molecular formula is C16H25N. The van der Waals surface area contributed by atoms with Crippen molar-refractivity contribution in [3.63, 3.8) is 0 Å². The summed E-state index contributed by atoms with van der Waals surface area (Å²) in [5, 5.41) is 0. The minimum Gasteiger partial charge on any atom is -0.333 e. The summed E-state index contributed by atoms with van der Waals surface area (Å²) in [6.45, 7) is 4.25. The summed E-state index contributed by atoms with van der Waals surface area (Å²) in [4.78, 5) is 0. The zero-order valence-corrected chi connectivity index (χ0v) is 11.2. The second-order valence-electron chi connectivity index (χ2n) is 3.02. The third-order valence-corrected chi connectivity index (χ3v) is 1.33. The Kier molecular flexibility index (Phi) is 20.8. The lowest BCUT2D eigenvalue weighted by molar-refractivity contribution is 1.09. The molecule has 94 valence electrons. The molecule has 0 unspecified atom stereocenters. The lowest BCUT2D eigenvalue weighted by Crippen LogP contribution is -1.69. The summed E-state index contributed by atoms with van der Waals surface area (Å²) in [5.41, 5.74) is 4.50. The molecule has 1 nitrogen and oxygen atoms in total. The van der Waals surface area contributed by atoms with Gasteiger partial charge >= 0.3 is 0 Å². The topological polar surface area (TPSA) is 26.0 Å². The number of hydrogen-bond donors (Lipinski definition) is 1. The van der Waals surface area contributed by atoms with Crippen molar-refractivity contribution in [3.8, 4) is 0 Å². The molecule has 0 amide bonds. The van der Waals surface area contributed by atoms with Gasteiger partial charge in [-0.05, 0) is 7.05 Å². The normalized spacial score (nSPS) is 7.06. The van der Waals surface area contributed by atoms with Gasteiger partial charge in [-0.15, -0.1) is 0 Å². The third kappa shape index (κ3) is 20.5. The lowest BCUT2D eigenvalue weighted by Gasteiger charge is -1.69. The van der Waals surface area contributed by atoms with Crippen molar-refractivity contribution >= 4 is 0 Å². The van der Waals surface area contributed by atoms with Crippen LogP contribution in [0.5, 0.6) is 0 Å². The van der Waals surface area contributed by atoms with Gasteiger partial charge in [-0.3, -0.25) is 0 Å². The summed E-state index contributed by atoms with van der Waals surface area (Å²) < 4.78 is 0. The van der Waals surface area contributed by atoms with E-state index in [1.54, 1.807) is 0 Å². The van der Waals surface area contributed by atoms with Crippen LogP contribution in [-0.2, 0) is 0 Å². The van der Waals surface area contributed by atoms with Gasteiger partial charge in [-0.1, -0.05) is 93.1 Å². The molecule has 0 aliphatic carbocycles. The first-order valence-electron chi connectivity index (χ1n) is 5.99. The quantitative estimate of drug-likeness (QED) is 0.716. The molecule has 0 atom stereocenters. The van der Waals surface area contributed by atoms with E-state index in [1.807, 2.05) is 72.8 Å². The van der Waals surface area contributed by atoms with E-state index in [1.165, 1.54) is 13.5 Å². The average Bonchev–Trinajstić information content (AvgIpc) is 2.46. The number of hydrogen-bond acceptors (Lipinski definition) is 1. The van der Waals surface area contributed by atoms with Crippen LogP contribution >= 0.6 is 0 Å². The highest BCUT2D eigenvalue weighted by Crippen LogP contribution is 1.80. The molecule has 17 heavy (non-hydrogen) atoms. The van der Waals surface area contributed by atoms with E-state index in [0.29, 0.717) is 0 Å². The first kappa shape index (κ1) is 17.8. The summed E-state index contributed by atoms with van der Waals surface area (Å²) in [6, 6.07) is 24.0. The van der Waals surface area contributed by atoms with Crippen LogP contribution in [0, 0.1) is 0 Å². The maximum absolute atomic E-state index is 4.50. The van der Waals surface area contributed by atoms with Crippen LogP contribution in [0.25, 0.3) is 0 Å². The fourth-order valence-electron chi connectivity index (χ4n) is 0.770. The summed E-state index contributed by atoms with van der Waals surface area (Å²) in [6.07, 6.45) is 1.25. The Bertz CT molecular complexity index is 194. The Morgan fingerprint density at radius 1 is 0.471 bits per heavy atom. The maximum Gasteiger partial charge on any atom is -0.0195 e. The van der Waals surface area contributed by atoms with Crippen molar-refractivity contribution in [2.75, 3.05) is 7.05 Å². The molecule has 0 saturated heterocycles. The second-order valence-corrected chi connectivity index (χ2v) is 3.02. The van der Waals surface area contributed by atoms with Gasteiger partial charge in [0.15, 0.2) is 0 Å². The van der Waals surface area contributed by atoms with Crippen LogP contribution in [-0.4, -0.2) is 7.05 Å². The number of nitrogens with two attached hydrogens (primary N) is 1. The van der Waals surface area contributed by atoms with Gasteiger partial charge in [0.05, 0.1) is 0 Å². The summed E-state index contributed by atoms with van der Waals surface area (Å²) in [5.74, 6) is 0. The van der Waals surface area contributed by atoms with Crippen LogP contribution in [0.15, 0.2) is 72.8 Å². The Morgan fingerprint density at radius 3 is 0.588 bits per heavy atom. The Hall–Kier alpha value is -1.60. The smallest absolute Gasteiger partial charge is 0.0195 e. The molecule has 0 spiro atoms. The third-order valence-electron chi connectivity index (χ3n) is 1.33. The lowest BCUT2D eigenvalue weighted by atomic mass is 10.4. The van der Waals surface area contributed by atoms with Crippen molar-refractivity contribution in [1.29, 1.82) is 0 Å². The van der Waals surface area contributed by atoms with E-state index in [4.69, 9.17) is 0 Å². The van der Waals surface area contributed by atoms with Crippen molar-refractivity contribution in [1.82, 2.24) is 0 Å². The van der Waals surface area contributed by atoms with Crippen molar-refractivity contribution in [2.24, 2.45) is 5.73 Å². The fraction of sp³-hybridized carbons (Fsp3) is 0.250. The predicted octanol–water partition coefficient (Wildman–Crippen LogP) is 4.36. The molecular weight excluding hydrogens is 206 g/mol. The van der Waals surface area contributed by atoms with E-state index in [2.05, 4.69) is 19.6 Å². The highest BCUT2D eigenvalue weighted by molar-refractivity contribution is 4.99. The predicted molar refractivity (Wildman–Crippen MR) is 79.0 cm³/mol. The number of rotatable bonds is 0.